The maximum Gasteiger partial charge on any atom is 0.306 e. The SMILES string of the molecule is Nc1ncnc2c1ncn2[C@@H]1O[C@H](C(=O)N2CCC(C(=O)O)CC2)[C@@H](O)[C@H]1O. The van der Waals surface area contributed by atoms with Gasteiger partial charge in [0, 0.05) is 13.1 Å². The second kappa shape index (κ2) is 6.96. The summed E-state index contributed by atoms with van der Waals surface area (Å²) in [7, 11) is 0. The fraction of sp³-hybridized carbons (Fsp3) is 0.562. The van der Waals surface area contributed by atoms with E-state index in [0.717, 1.165) is 0 Å². The number of carbonyl (C=O) groups is 2. The second-order valence-corrected chi connectivity index (χ2v) is 6.95. The number of nitrogen functional groups attached to an aromatic ring is 1. The molecule has 0 radical (unpaired) electrons. The number of carboxylic acids is 1. The molecule has 4 atom stereocenters. The molecule has 0 aromatic carbocycles. The van der Waals surface area contributed by atoms with Crippen LogP contribution in [0.3, 0.4) is 0 Å². The maximum absolute atomic E-state index is 12.8. The monoisotopic (exact) mass is 392 g/mol. The maximum atomic E-state index is 12.8. The highest BCUT2D eigenvalue weighted by atomic mass is 16.6. The van der Waals surface area contributed by atoms with Crippen molar-refractivity contribution in [1.82, 2.24) is 24.4 Å². The zero-order valence-corrected chi connectivity index (χ0v) is 14.7. The van der Waals surface area contributed by atoms with Crippen LogP contribution >= 0.6 is 0 Å². The highest BCUT2D eigenvalue weighted by molar-refractivity contribution is 5.83. The molecule has 150 valence electrons. The van der Waals surface area contributed by atoms with Gasteiger partial charge in [0.05, 0.1) is 12.2 Å². The zero-order valence-electron chi connectivity index (χ0n) is 14.7. The van der Waals surface area contributed by atoms with Crippen molar-refractivity contribution in [3.8, 4) is 0 Å². The van der Waals surface area contributed by atoms with E-state index in [1.807, 2.05) is 0 Å². The molecule has 2 aromatic heterocycles. The third kappa shape index (κ3) is 2.95. The number of nitrogens with zero attached hydrogens (tertiary/aromatic N) is 5. The van der Waals surface area contributed by atoms with Gasteiger partial charge in [-0.05, 0) is 12.8 Å². The number of aliphatic hydroxyl groups excluding tert-OH is 2. The molecule has 2 saturated heterocycles. The van der Waals surface area contributed by atoms with Crippen LogP contribution in [0.2, 0.25) is 0 Å². The van der Waals surface area contributed by atoms with Crippen molar-refractivity contribution in [2.24, 2.45) is 5.92 Å². The lowest BCUT2D eigenvalue weighted by Crippen LogP contribution is -2.48. The zero-order chi connectivity index (χ0) is 20.0. The molecule has 2 aliphatic heterocycles. The number of amides is 1. The molecular formula is C16H20N6O6. The molecular weight excluding hydrogens is 372 g/mol. The molecule has 0 saturated carbocycles. The van der Waals surface area contributed by atoms with Gasteiger partial charge >= 0.3 is 5.97 Å². The largest absolute Gasteiger partial charge is 0.481 e. The lowest BCUT2D eigenvalue weighted by molar-refractivity contribution is -0.153. The number of rotatable bonds is 3. The van der Waals surface area contributed by atoms with E-state index < -0.39 is 42.3 Å². The van der Waals surface area contributed by atoms with Crippen molar-refractivity contribution in [1.29, 1.82) is 0 Å². The minimum atomic E-state index is -1.45. The molecule has 12 heteroatoms. The lowest BCUT2D eigenvalue weighted by Gasteiger charge is -2.32. The Morgan fingerprint density at radius 2 is 1.86 bits per heavy atom. The smallest absolute Gasteiger partial charge is 0.306 e. The van der Waals surface area contributed by atoms with Crippen LogP contribution in [-0.2, 0) is 14.3 Å². The van der Waals surface area contributed by atoms with Gasteiger partial charge in [0.1, 0.15) is 24.1 Å². The Morgan fingerprint density at radius 3 is 2.54 bits per heavy atom. The van der Waals surface area contributed by atoms with Gasteiger partial charge in [0.25, 0.3) is 5.91 Å². The molecule has 2 aromatic rings. The number of hydrogen-bond donors (Lipinski definition) is 4. The average molecular weight is 392 g/mol. The van der Waals surface area contributed by atoms with Crippen LogP contribution in [0, 0.1) is 5.92 Å². The number of likely N-dealkylation sites (tertiary alicyclic amines) is 1. The van der Waals surface area contributed by atoms with Crippen molar-refractivity contribution in [3.05, 3.63) is 12.7 Å². The van der Waals surface area contributed by atoms with E-state index in [2.05, 4.69) is 15.0 Å². The normalized spacial score (nSPS) is 28.7. The Balaban J connectivity index is 1.52. The van der Waals surface area contributed by atoms with E-state index in [-0.39, 0.29) is 18.9 Å². The third-order valence-electron chi connectivity index (χ3n) is 5.30. The first-order valence-electron chi connectivity index (χ1n) is 8.84. The van der Waals surface area contributed by atoms with Gasteiger partial charge in [-0.15, -0.1) is 0 Å². The molecule has 4 heterocycles. The number of aromatic nitrogens is 4. The minimum absolute atomic E-state index is 0.158. The Bertz CT molecular complexity index is 910. The number of nitrogens with two attached hydrogens (primary N) is 1. The van der Waals surface area contributed by atoms with Gasteiger partial charge in [-0.3, -0.25) is 14.2 Å². The summed E-state index contributed by atoms with van der Waals surface area (Å²) in [6, 6.07) is 0. The number of carbonyl (C=O) groups excluding carboxylic acids is 1. The number of aliphatic carboxylic acids is 1. The van der Waals surface area contributed by atoms with Crippen LogP contribution in [0.15, 0.2) is 12.7 Å². The topological polar surface area (TPSA) is 177 Å². The number of anilines is 1. The molecule has 28 heavy (non-hydrogen) atoms. The summed E-state index contributed by atoms with van der Waals surface area (Å²) in [5.74, 6) is -1.70. The third-order valence-corrected chi connectivity index (χ3v) is 5.30. The number of imidazole rings is 1. The molecule has 2 aliphatic rings. The molecule has 5 N–H and O–H groups in total. The quantitative estimate of drug-likeness (QED) is 0.473. The van der Waals surface area contributed by atoms with E-state index in [9.17, 15) is 19.8 Å². The molecule has 12 nitrogen and oxygen atoms in total. The van der Waals surface area contributed by atoms with Crippen LogP contribution in [-0.4, -0.2) is 83.0 Å². The van der Waals surface area contributed by atoms with Crippen molar-refractivity contribution in [2.75, 3.05) is 18.8 Å². The molecule has 0 aliphatic carbocycles. The van der Waals surface area contributed by atoms with Gasteiger partial charge in [-0.2, -0.15) is 0 Å². The summed E-state index contributed by atoms with van der Waals surface area (Å²) in [5, 5.41) is 29.9. The number of ether oxygens (including phenoxy) is 1. The lowest BCUT2D eigenvalue weighted by atomic mass is 9.96. The number of fused-ring (bicyclic) bond motifs is 1. The van der Waals surface area contributed by atoms with E-state index in [0.29, 0.717) is 24.0 Å². The predicted molar refractivity (Wildman–Crippen MR) is 92.6 cm³/mol. The molecule has 2 fully saturated rings. The van der Waals surface area contributed by atoms with Gasteiger partial charge in [0.2, 0.25) is 0 Å². The number of hydrogen-bond acceptors (Lipinski definition) is 9. The van der Waals surface area contributed by atoms with Crippen molar-refractivity contribution >= 4 is 28.9 Å². The van der Waals surface area contributed by atoms with Gasteiger partial charge in [0.15, 0.2) is 23.8 Å². The Hall–Kier alpha value is -2.83. The first-order valence-corrected chi connectivity index (χ1v) is 8.84. The molecule has 0 unspecified atom stereocenters. The van der Waals surface area contributed by atoms with Crippen LogP contribution in [0.25, 0.3) is 11.2 Å². The van der Waals surface area contributed by atoms with Crippen LogP contribution in [0.4, 0.5) is 5.82 Å². The standard InChI is InChI=1S/C16H20N6O6/c17-12-8-13(19-5-18-12)22(6-20-8)15-10(24)9(23)11(28-15)14(25)21-3-1-7(2-4-21)16(26)27/h5-7,9-11,15,23-24H,1-4H2,(H,26,27)(H2,17,18,19)/t9-,10+,11-,15+/m0/s1. The van der Waals surface area contributed by atoms with Gasteiger partial charge < -0.3 is 30.7 Å². The summed E-state index contributed by atoms with van der Waals surface area (Å²) in [6.07, 6.45) is -1.95. The minimum Gasteiger partial charge on any atom is -0.481 e. The van der Waals surface area contributed by atoms with E-state index >= 15 is 0 Å². The number of aliphatic hydroxyl groups is 2. The molecule has 0 bridgehead atoms. The Morgan fingerprint density at radius 1 is 1.14 bits per heavy atom. The van der Waals surface area contributed by atoms with Crippen molar-refractivity contribution < 1.29 is 29.6 Å². The summed E-state index contributed by atoms with van der Waals surface area (Å²) in [5.41, 5.74) is 6.38. The van der Waals surface area contributed by atoms with Gasteiger partial charge in [-0.25, -0.2) is 15.0 Å². The Labute approximate surface area is 158 Å². The van der Waals surface area contributed by atoms with Crippen LogP contribution in [0.1, 0.15) is 19.1 Å². The summed E-state index contributed by atoms with van der Waals surface area (Å²) >= 11 is 0. The number of piperidine rings is 1. The van der Waals surface area contributed by atoms with Crippen LogP contribution < -0.4 is 5.73 Å². The van der Waals surface area contributed by atoms with E-state index in [1.54, 1.807) is 0 Å². The highest BCUT2D eigenvalue weighted by Crippen LogP contribution is 2.33. The summed E-state index contributed by atoms with van der Waals surface area (Å²) < 4.78 is 7.08. The van der Waals surface area contributed by atoms with Crippen LogP contribution in [0.5, 0.6) is 0 Å². The van der Waals surface area contributed by atoms with E-state index in [1.165, 1.54) is 22.1 Å². The molecule has 4 rings (SSSR count). The average Bonchev–Trinajstić information content (AvgIpc) is 3.24. The highest BCUT2D eigenvalue weighted by Gasteiger charge is 2.49. The fourth-order valence-electron chi connectivity index (χ4n) is 3.68. The fourth-order valence-corrected chi connectivity index (χ4v) is 3.68. The second-order valence-electron chi connectivity index (χ2n) is 6.95. The summed E-state index contributed by atoms with van der Waals surface area (Å²) in [4.78, 5) is 37.3. The molecule has 1 amide bonds. The Kier molecular flexibility index (Phi) is 4.61. The summed E-state index contributed by atoms with van der Waals surface area (Å²) in [6.45, 7) is 0.502. The predicted octanol–water partition coefficient (Wildman–Crippen LogP) is -1.65. The van der Waals surface area contributed by atoms with Gasteiger partial charge in [-0.1, -0.05) is 0 Å². The first-order chi connectivity index (χ1) is 13.4. The first kappa shape index (κ1) is 18.5. The number of carboxylic acid groups (broad SMARTS) is 1. The molecule has 0 spiro atoms. The van der Waals surface area contributed by atoms with Crippen molar-refractivity contribution in [3.63, 3.8) is 0 Å². The van der Waals surface area contributed by atoms with E-state index in [4.69, 9.17) is 15.6 Å². The van der Waals surface area contributed by atoms with Crippen molar-refractivity contribution in [2.45, 2.75) is 37.4 Å².